The molecule has 0 saturated heterocycles. The minimum Gasteiger partial charge on any atom is -0.388 e. The Kier molecular flexibility index (Phi) is 6.97. The van der Waals surface area contributed by atoms with E-state index in [1.165, 1.54) is 12.1 Å². The van der Waals surface area contributed by atoms with Crippen LogP contribution in [0.1, 0.15) is 15.9 Å². The number of H-pyrrole nitrogens is 1. The van der Waals surface area contributed by atoms with E-state index in [2.05, 4.69) is 20.6 Å². The van der Waals surface area contributed by atoms with Crippen LogP contribution >= 0.6 is 0 Å². The number of primary amides is 1. The monoisotopic (exact) mass is 455 g/mol. The van der Waals surface area contributed by atoms with E-state index in [9.17, 15) is 22.8 Å². The third kappa shape index (κ3) is 5.48. The number of carbonyl (C=O) groups is 2. The SMILES string of the molecule is CNc1ccc(C(F)(F)F)cc1.NC(=O)c1cccc(-c2ccnc3[nH]cc(NC=O)c23)c1. The quantitative estimate of drug-likeness (QED) is 0.328. The Labute approximate surface area is 186 Å². The van der Waals surface area contributed by atoms with E-state index in [1.54, 1.807) is 37.6 Å². The number of anilines is 2. The Morgan fingerprint density at radius 2 is 1.85 bits per heavy atom. The lowest BCUT2D eigenvalue weighted by molar-refractivity contribution is -0.137. The number of amides is 2. The van der Waals surface area contributed by atoms with Crippen molar-refractivity contribution < 1.29 is 22.8 Å². The maximum atomic E-state index is 12.0. The first-order chi connectivity index (χ1) is 15.7. The molecule has 4 rings (SSSR count). The molecule has 5 N–H and O–H groups in total. The molecule has 0 saturated carbocycles. The molecule has 170 valence electrons. The number of fused-ring (bicyclic) bond motifs is 1. The first-order valence-electron chi connectivity index (χ1n) is 9.66. The smallest absolute Gasteiger partial charge is 0.388 e. The molecule has 2 aromatic heterocycles. The first kappa shape index (κ1) is 23.3. The summed E-state index contributed by atoms with van der Waals surface area (Å²) in [6.45, 7) is 0. The fraction of sp³-hybridized carbons (Fsp3) is 0.0870. The third-order valence-electron chi connectivity index (χ3n) is 4.75. The highest BCUT2D eigenvalue weighted by atomic mass is 19.4. The average Bonchev–Trinajstić information content (AvgIpc) is 3.22. The lowest BCUT2D eigenvalue weighted by Gasteiger charge is -2.06. The van der Waals surface area contributed by atoms with E-state index in [0.717, 1.165) is 28.6 Å². The van der Waals surface area contributed by atoms with Crippen LogP contribution in [0, 0.1) is 0 Å². The van der Waals surface area contributed by atoms with Gasteiger partial charge in [0.15, 0.2) is 0 Å². The van der Waals surface area contributed by atoms with Crippen LogP contribution in [-0.2, 0) is 11.0 Å². The lowest BCUT2D eigenvalue weighted by atomic mass is 10.0. The highest BCUT2D eigenvalue weighted by Crippen LogP contribution is 2.33. The number of carbonyl (C=O) groups excluding carboxylic acids is 2. The number of benzene rings is 2. The molecule has 0 aliphatic rings. The minimum absolute atomic E-state index is 0.429. The number of nitrogens with one attached hydrogen (secondary N) is 3. The van der Waals surface area contributed by atoms with Gasteiger partial charge >= 0.3 is 6.18 Å². The van der Waals surface area contributed by atoms with Crippen molar-refractivity contribution in [2.75, 3.05) is 17.7 Å². The van der Waals surface area contributed by atoms with E-state index in [1.807, 2.05) is 12.1 Å². The van der Waals surface area contributed by atoms with Crippen molar-refractivity contribution in [2.24, 2.45) is 5.73 Å². The standard InChI is InChI=1S/C15H12N4O2.C8H8F3N/c16-14(21)10-3-1-2-9(6-10)11-4-5-17-15-13(11)12(7-18-15)19-8-20;1-12-7-4-2-6(3-5-7)8(9,10)11/h1-8H,(H2,16,21)(H,17,18)(H,19,20);2-5,12H,1H3. The summed E-state index contributed by atoms with van der Waals surface area (Å²) in [6.07, 6.45) is -0.297. The van der Waals surface area contributed by atoms with E-state index >= 15 is 0 Å². The summed E-state index contributed by atoms with van der Waals surface area (Å²) in [5.41, 5.74) is 8.76. The molecule has 7 nitrogen and oxygen atoms in total. The molecule has 4 aromatic rings. The minimum atomic E-state index is -4.24. The van der Waals surface area contributed by atoms with E-state index in [4.69, 9.17) is 5.73 Å². The van der Waals surface area contributed by atoms with Gasteiger partial charge in [-0.2, -0.15) is 13.2 Å². The maximum Gasteiger partial charge on any atom is 0.416 e. The number of rotatable bonds is 5. The summed E-state index contributed by atoms with van der Waals surface area (Å²) >= 11 is 0. The van der Waals surface area contributed by atoms with Gasteiger partial charge in [-0.05, 0) is 53.6 Å². The second kappa shape index (κ2) is 9.86. The van der Waals surface area contributed by atoms with Gasteiger partial charge in [0.25, 0.3) is 0 Å². The predicted octanol–water partition coefficient (Wildman–Crippen LogP) is 4.64. The van der Waals surface area contributed by atoms with Crippen molar-refractivity contribution in [3.63, 3.8) is 0 Å². The second-order valence-electron chi connectivity index (χ2n) is 6.82. The normalized spacial score (nSPS) is 10.8. The summed E-state index contributed by atoms with van der Waals surface area (Å²) in [4.78, 5) is 29.2. The van der Waals surface area contributed by atoms with Gasteiger partial charge in [0, 0.05) is 30.7 Å². The van der Waals surface area contributed by atoms with Crippen LogP contribution in [0.5, 0.6) is 0 Å². The highest BCUT2D eigenvalue weighted by molar-refractivity contribution is 6.05. The number of hydrogen-bond acceptors (Lipinski definition) is 4. The summed E-state index contributed by atoms with van der Waals surface area (Å²) in [5.74, 6) is -0.484. The van der Waals surface area contributed by atoms with Crippen LogP contribution < -0.4 is 16.4 Å². The van der Waals surface area contributed by atoms with E-state index in [0.29, 0.717) is 29.0 Å². The molecule has 0 radical (unpaired) electrons. The van der Waals surface area contributed by atoms with Gasteiger partial charge in [-0.3, -0.25) is 9.59 Å². The van der Waals surface area contributed by atoms with Crippen molar-refractivity contribution in [1.29, 1.82) is 0 Å². The summed E-state index contributed by atoms with van der Waals surface area (Å²) in [7, 11) is 1.66. The van der Waals surface area contributed by atoms with Crippen molar-refractivity contribution in [1.82, 2.24) is 9.97 Å². The molecule has 0 spiro atoms. The molecule has 2 heterocycles. The van der Waals surface area contributed by atoms with Gasteiger partial charge in [0.1, 0.15) is 5.65 Å². The summed E-state index contributed by atoms with van der Waals surface area (Å²) in [6, 6.07) is 13.7. The zero-order valence-electron chi connectivity index (χ0n) is 17.4. The number of aromatic nitrogens is 2. The van der Waals surface area contributed by atoms with Gasteiger partial charge in [0.05, 0.1) is 16.6 Å². The largest absolute Gasteiger partial charge is 0.416 e. The molecular weight excluding hydrogens is 435 g/mol. The maximum absolute atomic E-state index is 12.0. The molecule has 0 aliphatic heterocycles. The van der Waals surface area contributed by atoms with Crippen LogP contribution in [0.4, 0.5) is 24.5 Å². The third-order valence-corrected chi connectivity index (χ3v) is 4.75. The topological polar surface area (TPSA) is 113 Å². The van der Waals surface area contributed by atoms with Gasteiger partial charge in [-0.1, -0.05) is 12.1 Å². The molecule has 0 bridgehead atoms. The zero-order chi connectivity index (χ0) is 24.0. The first-order valence-corrected chi connectivity index (χ1v) is 9.66. The molecular formula is C23H20F3N5O2. The van der Waals surface area contributed by atoms with E-state index < -0.39 is 17.6 Å². The number of hydrogen-bond donors (Lipinski definition) is 4. The predicted molar refractivity (Wildman–Crippen MR) is 121 cm³/mol. The van der Waals surface area contributed by atoms with Crippen LogP contribution in [0.3, 0.4) is 0 Å². The molecule has 10 heteroatoms. The Balaban J connectivity index is 0.000000218. The molecule has 0 atom stereocenters. The zero-order valence-corrected chi connectivity index (χ0v) is 17.4. The van der Waals surface area contributed by atoms with Gasteiger partial charge in [-0.15, -0.1) is 0 Å². The number of pyridine rings is 1. The molecule has 0 unspecified atom stereocenters. The molecule has 33 heavy (non-hydrogen) atoms. The number of alkyl halides is 3. The van der Waals surface area contributed by atoms with Crippen LogP contribution in [-0.4, -0.2) is 29.3 Å². The summed E-state index contributed by atoms with van der Waals surface area (Å²) in [5, 5.41) is 6.16. The van der Waals surface area contributed by atoms with Crippen molar-refractivity contribution >= 4 is 34.7 Å². The Morgan fingerprint density at radius 3 is 2.45 bits per heavy atom. The van der Waals surface area contributed by atoms with Gasteiger partial charge in [0.2, 0.25) is 12.3 Å². The van der Waals surface area contributed by atoms with Crippen LogP contribution in [0.2, 0.25) is 0 Å². The van der Waals surface area contributed by atoms with Crippen molar-refractivity contribution in [3.05, 3.63) is 78.1 Å². The van der Waals surface area contributed by atoms with E-state index in [-0.39, 0.29) is 0 Å². The Morgan fingerprint density at radius 1 is 1.12 bits per heavy atom. The average molecular weight is 455 g/mol. The fourth-order valence-electron chi connectivity index (χ4n) is 3.14. The van der Waals surface area contributed by atoms with Crippen molar-refractivity contribution in [2.45, 2.75) is 6.18 Å². The number of nitrogens with zero attached hydrogens (tertiary/aromatic N) is 1. The number of halogens is 3. The summed E-state index contributed by atoms with van der Waals surface area (Å²) < 4.78 is 36.0. The Hall–Kier alpha value is -4.34. The molecule has 0 aliphatic carbocycles. The second-order valence-corrected chi connectivity index (χ2v) is 6.82. The van der Waals surface area contributed by atoms with Gasteiger partial charge in [-0.25, -0.2) is 4.98 Å². The van der Waals surface area contributed by atoms with Crippen LogP contribution in [0.25, 0.3) is 22.2 Å². The van der Waals surface area contributed by atoms with Crippen LogP contribution in [0.15, 0.2) is 67.0 Å². The molecule has 0 fully saturated rings. The fourth-order valence-corrected chi connectivity index (χ4v) is 3.14. The number of aromatic amines is 1. The molecule has 2 aromatic carbocycles. The highest BCUT2D eigenvalue weighted by Gasteiger charge is 2.29. The van der Waals surface area contributed by atoms with Crippen molar-refractivity contribution in [3.8, 4) is 11.1 Å². The van der Waals surface area contributed by atoms with Gasteiger partial charge < -0.3 is 21.4 Å². The Bertz CT molecular complexity index is 1270. The lowest BCUT2D eigenvalue weighted by Crippen LogP contribution is -2.10. The molecule has 2 amide bonds. The number of nitrogens with two attached hydrogens (primary N) is 1.